The number of hydrogen-bond acceptors (Lipinski definition) is 5. The zero-order valence-electron chi connectivity index (χ0n) is 12.9. The van der Waals surface area contributed by atoms with E-state index in [1.807, 2.05) is 26.8 Å². The third-order valence-electron chi connectivity index (χ3n) is 3.18. The van der Waals surface area contributed by atoms with E-state index < -0.39 is 0 Å². The molecule has 1 saturated heterocycles. The van der Waals surface area contributed by atoms with Gasteiger partial charge in [-0.05, 0) is 19.1 Å². The molecule has 2 rings (SSSR count). The summed E-state index contributed by atoms with van der Waals surface area (Å²) in [5, 5.41) is 9.21. The van der Waals surface area contributed by atoms with Gasteiger partial charge in [0.1, 0.15) is 11.6 Å². The molecule has 114 valence electrons. The van der Waals surface area contributed by atoms with Gasteiger partial charge in [0.15, 0.2) is 0 Å². The van der Waals surface area contributed by atoms with Crippen molar-refractivity contribution in [2.45, 2.75) is 20.8 Å². The first-order chi connectivity index (χ1) is 9.79. The molecule has 2 heterocycles. The van der Waals surface area contributed by atoms with Crippen molar-refractivity contribution in [3.05, 3.63) is 18.3 Å². The largest absolute Gasteiger partial charge is 0.506 e. The third kappa shape index (κ3) is 5.35. The molecule has 1 aromatic rings. The molecular weight excluding hydrogens is 254 g/mol. The smallest absolute Gasteiger partial charge is 0.134 e. The predicted octanol–water partition coefficient (Wildman–Crippen LogP) is 1.97. The van der Waals surface area contributed by atoms with Crippen molar-refractivity contribution in [1.29, 1.82) is 0 Å². The van der Waals surface area contributed by atoms with Crippen LogP contribution in [-0.2, 0) is 4.74 Å². The molecule has 1 N–H and O–H groups in total. The average Bonchev–Trinajstić information content (AvgIpc) is 2.51. The second kappa shape index (κ2) is 9.55. The van der Waals surface area contributed by atoms with E-state index in [4.69, 9.17) is 4.74 Å². The second-order valence-electron chi connectivity index (χ2n) is 4.40. The highest BCUT2D eigenvalue weighted by Gasteiger charge is 2.17. The van der Waals surface area contributed by atoms with Crippen LogP contribution in [-0.4, -0.2) is 60.9 Å². The summed E-state index contributed by atoms with van der Waals surface area (Å²) in [6.45, 7) is 12.7. The first-order valence-electron chi connectivity index (χ1n) is 7.49. The minimum atomic E-state index is 0.217. The third-order valence-corrected chi connectivity index (χ3v) is 3.18. The molecule has 0 spiro atoms. The Hall–Kier alpha value is -1.33. The van der Waals surface area contributed by atoms with E-state index in [0.29, 0.717) is 0 Å². The molecule has 1 aliphatic heterocycles. The second-order valence-corrected chi connectivity index (χ2v) is 4.40. The molecule has 0 aromatic carbocycles. The molecular formula is C15H27N3O2. The lowest BCUT2D eigenvalue weighted by Crippen LogP contribution is -2.47. The monoisotopic (exact) mass is 281 g/mol. The number of aromatic nitrogens is 1. The van der Waals surface area contributed by atoms with Crippen LogP contribution in [0.25, 0.3) is 0 Å². The highest BCUT2D eigenvalue weighted by Crippen LogP contribution is 2.16. The highest BCUT2D eigenvalue weighted by molar-refractivity contribution is 5.40. The SMILES string of the molecule is CC.CCOCCN1CCN(c2ccc(O)cn2)CC1. The molecule has 1 aromatic heterocycles. The Bertz CT molecular complexity index is 349. The highest BCUT2D eigenvalue weighted by atomic mass is 16.5. The lowest BCUT2D eigenvalue weighted by atomic mass is 10.3. The quantitative estimate of drug-likeness (QED) is 0.836. The zero-order valence-corrected chi connectivity index (χ0v) is 12.9. The summed E-state index contributed by atoms with van der Waals surface area (Å²) in [7, 11) is 0. The molecule has 1 aliphatic rings. The van der Waals surface area contributed by atoms with E-state index >= 15 is 0 Å². The summed E-state index contributed by atoms with van der Waals surface area (Å²) in [5.41, 5.74) is 0. The standard InChI is InChI=1S/C13H21N3O2.C2H6/c1-2-18-10-9-15-5-7-16(8-6-15)13-4-3-12(17)11-14-13;1-2/h3-4,11,17H,2,5-10H2,1H3;1-2H3. The average molecular weight is 281 g/mol. The Morgan fingerprint density at radius 3 is 2.45 bits per heavy atom. The van der Waals surface area contributed by atoms with E-state index in [0.717, 1.165) is 51.8 Å². The van der Waals surface area contributed by atoms with E-state index in [9.17, 15) is 5.11 Å². The van der Waals surface area contributed by atoms with Gasteiger partial charge in [0.25, 0.3) is 0 Å². The summed E-state index contributed by atoms with van der Waals surface area (Å²) in [6, 6.07) is 3.55. The number of ether oxygens (including phenoxy) is 1. The van der Waals surface area contributed by atoms with E-state index in [1.165, 1.54) is 6.20 Å². The van der Waals surface area contributed by atoms with Crippen molar-refractivity contribution >= 4 is 5.82 Å². The maximum absolute atomic E-state index is 9.21. The number of rotatable bonds is 5. The molecule has 5 nitrogen and oxygen atoms in total. The molecule has 0 aliphatic carbocycles. The summed E-state index contributed by atoms with van der Waals surface area (Å²) in [5.74, 6) is 1.16. The van der Waals surface area contributed by atoms with Crippen molar-refractivity contribution in [3.8, 4) is 5.75 Å². The number of pyridine rings is 1. The lowest BCUT2D eigenvalue weighted by Gasteiger charge is -2.35. The van der Waals surface area contributed by atoms with Crippen molar-refractivity contribution < 1.29 is 9.84 Å². The van der Waals surface area contributed by atoms with E-state index in [1.54, 1.807) is 6.07 Å². The number of piperazine rings is 1. The van der Waals surface area contributed by atoms with Crippen LogP contribution >= 0.6 is 0 Å². The molecule has 0 bridgehead atoms. The van der Waals surface area contributed by atoms with Crippen LogP contribution in [0.15, 0.2) is 18.3 Å². The fraction of sp³-hybridized carbons (Fsp3) is 0.667. The molecule has 5 heteroatoms. The summed E-state index contributed by atoms with van der Waals surface area (Å²) >= 11 is 0. The predicted molar refractivity (Wildman–Crippen MR) is 82.4 cm³/mol. The molecule has 0 amide bonds. The van der Waals surface area contributed by atoms with Crippen molar-refractivity contribution in [2.75, 3.05) is 50.8 Å². The minimum Gasteiger partial charge on any atom is -0.506 e. The van der Waals surface area contributed by atoms with Gasteiger partial charge in [0.05, 0.1) is 12.8 Å². The van der Waals surface area contributed by atoms with Gasteiger partial charge in [-0.25, -0.2) is 4.98 Å². The molecule has 1 fully saturated rings. The first-order valence-corrected chi connectivity index (χ1v) is 7.49. The topological polar surface area (TPSA) is 48.8 Å². The van der Waals surface area contributed by atoms with Gasteiger partial charge < -0.3 is 14.7 Å². The Labute approximate surface area is 122 Å². The van der Waals surface area contributed by atoms with Crippen LogP contribution in [0.2, 0.25) is 0 Å². The maximum Gasteiger partial charge on any atom is 0.134 e. The van der Waals surface area contributed by atoms with Crippen molar-refractivity contribution in [1.82, 2.24) is 9.88 Å². The summed E-state index contributed by atoms with van der Waals surface area (Å²) in [4.78, 5) is 8.89. The van der Waals surface area contributed by atoms with Crippen LogP contribution < -0.4 is 4.90 Å². The van der Waals surface area contributed by atoms with Gasteiger partial charge in [0.2, 0.25) is 0 Å². The molecule has 0 atom stereocenters. The van der Waals surface area contributed by atoms with Crippen LogP contribution in [0.5, 0.6) is 5.75 Å². The molecule has 0 unspecified atom stereocenters. The number of nitrogens with zero attached hydrogens (tertiary/aromatic N) is 3. The minimum absolute atomic E-state index is 0.217. The summed E-state index contributed by atoms with van der Waals surface area (Å²) < 4.78 is 5.37. The van der Waals surface area contributed by atoms with Crippen LogP contribution in [0.3, 0.4) is 0 Å². The van der Waals surface area contributed by atoms with E-state index in [-0.39, 0.29) is 5.75 Å². The number of hydrogen-bond donors (Lipinski definition) is 1. The van der Waals surface area contributed by atoms with Gasteiger partial charge in [-0.15, -0.1) is 0 Å². The molecule has 0 radical (unpaired) electrons. The van der Waals surface area contributed by atoms with Gasteiger partial charge in [-0.1, -0.05) is 13.8 Å². The Kier molecular flexibility index (Phi) is 7.99. The fourth-order valence-corrected chi connectivity index (χ4v) is 2.10. The zero-order chi connectivity index (χ0) is 14.8. The molecule has 20 heavy (non-hydrogen) atoms. The van der Waals surface area contributed by atoms with Gasteiger partial charge >= 0.3 is 0 Å². The van der Waals surface area contributed by atoms with Crippen molar-refractivity contribution in [2.24, 2.45) is 0 Å². The lowest BCUT2D eigenvalue weighted by molar-refractivity contribution is 0.111. The van der Waals surface area contributed by atoms with Gasteiger partial charge in [0, 0.05) is 39.3 Å². The van der Waals surface area contributed by atoms with Crippen LogP contribution in [0.1, 0.15) is 20.8 Å². The normalized spacial score (nSPS) is 15.7. The number of anilines is 1. The Morgan fingerprint density at radius 1 is 1.20 bits per heavy atom. The van der Waals surface area contributed by atoms with Crippen molar-refractivity contribution in [3.63, 3.8) is 0 Å². The van der Waals surface area contributed by atoms with Gasteiger partial charge in [-0.2, -0.15) is 0 Å². The number of aromatic hydroxyl groups is 1. The Morgan fingerprint density at radius 2 is 1.90 bits per heavy atom. The fourth-order valence-electron chi connectivity index (χ4n) is 2.10. The summed E-state index contributed by atoms with van der Waals surface area (Å²) in [6.07, 6.45) is 1.50. The van der Waals surface area contributed by atoms with Gasteiger partial charge in [-0.3, -0.25) is 4.90 Å². The molecule has 0 saturated carbocycles. The first kappa shape index (κ1) is 16.7. The maximum atomic E-state index is 9.21. The van der Waals surface area contributed by atoms with E-state index in [2.05, 4.69) is 14.8 Å². The Balaban J connectivity index is 0.000000956. The van der Waals surface area contributed by atoms with Crippen LogP contribution in [0, 0.1) is 0 Å². The van der Waals surface area contributed by atoms with Crippen LogP contribution in [0.4, 0.5) is 5.82 Å².